The molecule has 1 saturated heterocycles. The molecule has 98 valence electrons. The van der Waals surface area contributed by atoms with Crippen LogP contribution in [0.1, 0.15) is 11.5 Å². The molecule has 0 aliphatic carbocycles. The van der Waals surface area contributed by atoms with Gasteiger partial charge in [0.05, 0.1) is 4.99 Å². The summed E-state index contributed by atoms with van der Waals surface area (Å²) in [5.74, 6) is -1.94. The minimum absolute atomic E-state index is 0.282. The molecular formula is C10H11BrClN3O2S. The van der Waals surface area contributed by atoms with Gasteiger partial charge >= 0.3 is 5.97 Å². The number of aromatic nitrogens is 2. The summed E-state index contributed by atoms with van der Waals surface area (Å²) in [5.41, 5.74) is 0.707. The van der Waals surface area contributed by atoms with Gasteiger partial charge in [0.2, 0.25) is 0 Å². The molecule has 1 fully saturated rings. The summed E-state index contributed by atoms with van der Waals surface area (Å²) >= 11 is 14.7. The number of rotatable bonds is 2. The van der Waals surface area contributed by atoms with Crippen molar-refractivity contribution in [3.05, 3.63) is 15.3 Å². The van der Waals surface area contributed by atoms with Crippen molar-refractivity contribution in [2.45, 2.75) is 5.92 Å². The van der Waals surface area contributed by atoms with E-state index in [0.717, 1.165) is 0 Å². The van der Waals surface area contributed by atoms with Crippen molar-refractivity contribution in [1.29, 1.82) is 0 Å². The van der Waals surface area contributed by atoms with Gasteiger partial charge in [-0.1, -0.05) is 23.8 Å². The predicted molar refractivity (Wildman–Crippen MR) is 75.0 cm³/mol. The molecule has 1 aromatic rings. The molecule has 0 aromatic carbocycles. The number of nitrogens with zero attached hydrogens (tertiary/aromatic N) is 3. The third-order valence-corrected chi connectivity index (χ3v) is 4.72. The van der Waals surface area contributed by atoms with E-state index < -0.39 is 11.9 Å². The van der Waals surface area contributed by atoms with Crippen LogP contribution in [0.3, 0.4) is 0 Å². The van der Waals surface area contributed by atoms with Crippen LogP contribution in [0.5, 0.6) is 0 Å². The lowest BCUT2D eigenvalue weighted by molar-refractivity contribution is -0.139. The summed E-state index contributed by atoms with van der Waals surface area (Å²) in [4.78, 5) is 13.6. The number of aliphatic carboxylic acids is 1. The lowest BCUT2D eigenvalue weighted by Gasteiger charge is -2.13. The largest absolute Gasteiger partial charge is 0.481 e. The lowest BCUT2D eigenvalue weighted by atomic mass is 9.91. The van der Waals surface area contributed by atoms with Crippen LogP contribution in [0.25, 0.3) is 0 Å². The van der Waals surface area contributed by atoms with Crippen molar-refractivity contribution in [3.8, 4) is 0 Å². The maximum atomic E-state index is 11.4. The Kier molecular flexibility index (Phi) is 3.66. The average Bonchev–Trinajstić information content (AvgIpc) is 2.67. The van der Waals surface area contributed by atoms with Crippen molar-refractivity contribution in [3.63, 3.8) is 0 Å². The van der Waals surface area contributed by atoms with E-state index in [0.29, 0.717) is 26.9 Å². The molecule has 8 heteroatoms. The number of carboxylic acid groups (broad SMARTS) is 1. The minimum Gasteiger partial charge on any atom is -0.481 e. The Morgan fingerprint density at radius 2 is 2.22 bits per heavy atom. The summed E-state index contributed by atoms with van der Waals surface area (Å²) in [6.07, 6.45) is 0. The first-order chi connectivity index (χ1) is 8.34. The number of aryl methyl sites for hydroxylation is 1. The predicted octanol–water partition coefficient (Wildman–Crippen LogP) is 1.89. The molecule has 0 saturated carbocycles. The van der Waals surface area contributed by atoms with E-state index in [2.05, 4.69) is 21.0 Å². The van der Waals surface area contributed by atoms with Crippen LogP contribution >= 0.6 is 39.7 Å². The van der Waals surface area contributed by atoms with Crippen LogP contribution in [0, 0.1) is 5.92 Å². The standard InChI is InChI=1S/C10H11BrClN3O2S/c1-14-3-4(6(9(14)18)10(16)17)5-7(11)13-15(2)8(5)12/h4,6H,3H2,1-2H3,(H,16,17). The van der Waals surface area contributed by atoms with E-state index >= 15 is 0 Å². The normalized spacial score (nSPS) is 23.8. The molecule has 0 spiro atoms. The molecule has 2 atom stereocenters. The van der Waals surface area contributed by atoms with Gasteiger partial charge in [0.1, 0.15) is 15.7 Å². The zero-order chi connectivity index (χ0) is 13.6. The van der Waals surface area contributed by atoms with Crippen LogP contribution in [-0.4, -0.2) is 44.3 Å². The van der Waals surface area contributed by atoms with Crippen LogP contribution in [0.15, 0.2) is 4.60 Å². The van der Waals surface area contributed by atoms with E-state index in [-0.39, 0.29) is 5.92 Å². The second kappa shape index (κ2) is 4.79. The van der Waals surface area contributed by atoms with Gasteiger partial charge in [0.25, 0.3) is 0 Å². The molecule has 5 nitrogen and oxygen atoms in total. The fraction of sp³-hybridized carbons (Fsp3) is 0.500. The molecular weight excluding hydrogens is 342 g/mol. The Morgan fingerprint density at radius 1 is 1.61 bits per heavy atom. The van der Waals surface area contributed by atoms with E-state index in [9.17, 15) is 9.90 Å². The Balaban J connectivity index is 2.49. The van der Waals surface area contributed by atoms with Gasteiger partial charge in [0, 0.05) is 32.1 Å². The van der Waals surface area contributed by atoms with Crippen LogP contribution in [0.4, 0.5) is 0 Å². The SMILES string of the molecule is CN1CC(c2c(Br)nn(C)c2Cl)C(C(=O)O)C1=S. The van der Waals surface area contributed by atoms with Crippen LogP contribution < -0.4 is 0 Å². The highest BCUT2D eigenvalue weighted by Crippen LogP contribution is 2.40. The third kappa shape index (κ3) is 2.04. The molecule has 1 aromatic heterocycles. The number of hydrogen-bond acceptors (Lipinski definition) is 3. The lowest BCUT2D eigenvalue weighted by Crippen LogP contribution is -2.26. The van der Waals surface area contributed by atoms with Gasteiger partial charge in [-0.2, -0.15) is 5.10 Å². The van der Waals surface area contributed by atoms with Gasteiger partial charge in [-0.05, 0) is 15.9 Å². The second-order valence-electron chi connectivity index (χ2n) is 4.26. The van der Waals surface area contributed by atoms with Crippen molar-refractivity contribution in [2.75, 3.05) is 13.6 Å². The number of thiocarbonyl (C=S) groups is 1. The van der Waals surface area contributed by atoms with Gasteiger partial charge in [-0.15, -0.1) is 0 Å². The highest BCUT2D eigenvalue weighted by atomic mass is 79.9. The van der Waals surface area contributed by atoms with Crippen LogP contribution in [-0.2, 0) is 11.8 Å². The first-order valence-corrected chi connectivity index (χ1v) is 6.78. The molecule has 1 aliphatic heterocycles. The molecule has 2 rings (SSSR count). The number of likely N-dealkylation sites (tertiary alicyclic amines) is 1. The minimum atomic E-state index is -0.929. The summed E-state index contributed by atoms with van der Waals surface area (Å²) in [5, 5.41) is 13.9. The number of hydrogen-bond donors (Lipinski definition) is 1. The molecule has 1 aliphatic rings. The molecule has 18 heavy (non-hydrogen) atoms. The Morgan fingerprint density at radius 3 is 2.67 bits per heavy atom. The fourth-order valence-electron chi connectivity index (χ4n) is 2.23. The summed E-state index contributed by atoms with van der Waals surface area (Å²) in [6.45, 7) is 0.528. The average molecular weight is 353 g/mol. The number of carbonyl (C=O) groups is 1. The van der Waals surface area contributed by atoms with Crippen molar-refractivity contribution >= 4 is 50.7 Å². The van der Waals surface area contributed by atoms with Crippen LogP contribution in [0.2, 0.25) is 5.15 Å². The summed E-state index contributed by atoms with van der Waals surface area (Å²) in [6, 6.07) is 0. The van der Waals surface area contributed by atoms with Crippen molar-refractivity contribution < 1.29 is 9.90 Å². The zero-order valence-corrected chi connectivity index (χ0v) is 12.9. The maximum Gasteiger partial charge on any atom is 0.314 e. The van der Waals surface area contributed by atoms with E-state index in [1.165, 1.54) is 4.68 Å². The summed E-state index contributed by atoms with van der Waals surface area (Å²) in [7, 11) is 3.50. The quantitative estimate of drug-likeness (QED) is 0.824. The highest BCUT2D eigenvalue weighted by molar-refractivity contribution is 9.10. The monoisotopic (exact) mass is 351 g/mol. The van der Waals surface area contributed by atoms with Gasteiger partial charge in [0.15, 0.2) is 0 Å². The third-order valence-electron chi connectivity index (χ3n) is 3.12. The van der Waals surface area contributed by atoms with Crippen molar-refractivity contribution in [1.82, 2.24) is 14.7 Å². The molecule has 0 radical (unpaired) electrons. The summed E-state index contributed by atoms with van der Waals surface area (Å²) < 4.78 is 2.09. The topological polar surface area (TPSA) is 58.4 Å². The van der Waals surface area contributed by atoms with E-state index in [1.54, 1.807) is 19.0 Å². The Labute approximate surface area is 123 Å². The van der Waals surface area contributed by atoms with Gasteiger partial charge in [-0.3, -0.25) is 9.48 Å². The second-order valence-corrected chi connectivity index (χ2v) is 5.79. The van der Waals surface area contributed by atoms with Gasteiger partial charge in [-0.25, -0.2) is 0 Å². The number of halogens is 2. The molecule has 0 bridgehead atoms. The van der Waals surface area contributed by atoms with E-state index in [1.807, 2.05) is 0 Å². The molecule has 1 N–H and O–H groups in total. The van der Waals surface area contributed by atoms with Crippen molar-refractivity contribution in [2.24, 2.45) is 13.0 Å². The Hall–Kier alpha value is -0.660. The zero-order valence-electron chi connectivity index (χ0n) is 9.72. The first kappa shape index (κ1) is 13.8. The van der Waals surface area contributed by atoms with Gasteiger partial charge < -0.3 is 10.0 Å². The molecule has 0 amide bonds. The molecule has 2 unspecified atom stereocenters. The molecule has 2 heterocycles. The fourth-order valence-corrected chi connectivity index (χ4v) is 3.67. The maximum absolute atomic E-state index is 11.4. The smallest absolute Gasteiger partial charge is 0.314 e. The Bertz CT molecular complexity index is 533. The first-order valence-electron chi connectivity index (χ1n) is 5.20. The van der Waals surface area contributed by atoms with E-state index in [4.69, 9.17) is 23.8 Å². The number of likely N-dealkylation sites (N-methyl/N-ethyl adjacent to an activating group) is 1. The number of carboxylic acids is 1. The highest BCUT2D eigenvalue weighted by Gasteiger charge is 2.44.